The highest BCUT2D eigenvalue weighted by Crippen LogP contribution is 2.34. The lowest BCUT2D eigenvalue weighted by atomic mass is 10.0. The second-order valence-corrected chi connectivity index (χ2v) is 8.95. The van der Waals surface area contributed by atoms with Crippen LogP contribution in [-0.2, 0) is 4.79 Å². The van der Waals surface area contributed by atoms with Crippen LogP contribution in [-0.4, -0.2) is 41.0 Å². The maximum Gasteiger partial charge on any atom is 0.224 e. The van der Waals surface area contributed by atoms with Crippen molar-refractivity contribution >= 4 is 33.7 Å². The van der Waals surface area contributed by atoms with Gasteiger partial charge in [0, 0.05) is 53.3 Å². The van der Waals surface area contributed by atoms with Gasteiger partial charge in [0.2, 0.25) is 5.91 Å². The number of aromatic nitrogens is 7. The van der Waals surface area contributed by atoms with Crippen molar-refractivity contribution in [3.05, 3.63) is 73.2 Å². The Balaban J connectivity index is 1.40. The number of benzene rings is 1. The van der Waals surface area contributed by atoms with E-state index >= 15 is 4.39 Å². The third kappa shape index (κ3) is 4.36. The number of nitrogens with zero attached hydrogens (tertiary/aromatic N) is 5. The maximum absolute atomic E-state index is 15.2. The molecule has 0 radical (unpaired) electrons. The summed E-state index contributed by atoms with van der Waals surface area (Å²) < 4.78 is 15.2. The molecule has 0 aliphatic rings. The number of amides is 1. The molecule has 1 aromatic carbocycles. The fraction of sp³-hybridized carbons (Fsp3) is 0.143. The number of rotatable bonds is 7. The Morgan fingerprint density at radius 3 is 2.76 bits per heavy atom. The molecule has 0 aliphatic carbocycles. The van der Waals surface area contributed by atoms with Crippen LogP contribution in [0.5, 0.6) is 0 Å². The van der Waals surface area contributed by atoms with E-state index in [-0.39, 0.29) is 11.4 Å². The van der Waals surface area contributed by atoms with Crippen LogP contribution in [0.3, 0.4) is 0 Å². The molecular formula is C28H23FN8O. The lowest BCUT2D eigenvalue weighted by molar-refractivity contribution is -0.116. The monoisotopic (exact) mass is 506 g/mol. The maximum atomic E-state index is 15.2. The number of hydrogen-bond acceptors (Lipinski definition) is 6. The highest BCUT2D eigenvalue weighted by atomic mass is 19.1. The summed E-state index contributed by atoms with van der Waals surface area (Å²) >= 11 is 0. The highest BCUT2D eigenvalue weighted by molar-refractivity contribution is 5.98. The van der Waals surface area contributed by atoms with Crippen molar-refractivity contribution in [1.82, 2.24) is 35.1 Å². The summed E-state index contributed by atoms with van der Waals surface area (Å²) in [4.78, 5) is 33.0. The Morgan fingerprint density at radius 1 is 1.03 bits per heavy atom. The number of aromatic amines is 2. The van der Waals surface area contributed by atoms with Crippen LogP contribution in [0.15, 0.2) is 67.4 Å². The van der Waals surface area contributed by atoms with Gasteiger partial charge in [-0.15, -0.1) is 0 Å². The number of H-pyrrole nitrogens is 2. The minimum atomic E-state index is -0.484. The number of nitrogens with one attached hydrogen (secondary N) is 3. The van der Waals surface area contributed by atoms with Crippen molar-refractivity contribution in [3.63, 3.8) is 0 Å². The minimum Gasteiger partial charge on any atom is -0.335 e. The second kappa shape index (κ2) is 9.81. The number of carbonyl (C=O) groups is 1. The number of fused-ring (bicyclic) bond motifs is 2. The van der Waals surface area contributed by atoms with E-state index in [1.165, 1.54) is 6.07 Å². The van der Waals surface area contributed by atoms with E-state index in [0.717, 1.165) is 29.5 Å². The van der Waals surface area contributed by atoms with E-state index in [9.17, 15) is 4.79 Å². The summed E-state index contributed by atoms with van der Waals surface area (Å²) in [5.74, 6) is -0.0747. The van der Waals surface area contributed by atoms with Gasteiger partial charge in [0.15, 0.2) is 17.3 Å². The largest absolute Gasteiger partial charge is 0.335 e. The quantitative estimate of drug-likeness (QED) is 0.248. The van der Waals surface area contributed by atoms with Crippen molar-refractivity contribution in [1.29, 1.82) is 0 Å². The molecule has 10 heteroatoms. The van der Waals surface area contributed by atoms with Gasteiger partial charge in [-0.3, -0.25) is 19.9 Å². The predicted molar refractivity (Wildman–Crippen MR) is 144 cm³/mol. The van der Waals surface area contributed by atoms with Gasteiger partial charge in [0.1, 0.15) is 11.2 Å². The lowest BCUT2D eigenvalue weighted by Crippen LogP contribution is -2.11. The molecule has 6 rings (SSSR count). The summed E-state index contributed by atoms with van der Waals surface area (Å²) in [6.07, 6.45) is 10.6. The van der Waals surface area contributed by atoms with E-state index in [2.05, 4.69) is 40.4 Å². The first-order valence-corrected chi connectivity index (χ1v) is 12.3. The Bertz CT molecular complexity index is 1780. The summed E-state index contributed by atoms with van der Waals surface area (Å²) in [6, 6.07) is 10.7. The lowest BCUT2D eigenvalue weighted by Gasteiger charge is -2.08. The number of imidazole rings is 1. The summed E-state index contributed by atoms with van der Waals surface area (Å²) in [5, 5.41) is 10.6. The van der Waals surface area contributed by atoms with E-state index in [4.69, 9.17) is 0 Å². The van der Waals surface area contributed by atoms with Crippen LogP contribution >= 0.6 is 0 Å². The van der Waals surface area contributed by atoms with Crippen LogP contribution in [0.1, 0.15) is 26.2 Å². The van der Waals surface area contributed by atoms with Gasteiger partial charge in [-0.05, 0) is 42.3 Å². The second-order valence-electron chi connectivity index (χ2n) is 8.95. The van der Waals surface area contributed by atoms with Crippen LogP contribution in [0, 0.1) is 5.82 Å². The molecule has 0 bridgehead atoms. The van der Waals surface area contributed by atoms with E-state index < -0.39 is 5.82 Å². The SMILES string of the molecule is CCCCC(=O)Nc1cncc(-c2cc(F)c3n[nH]c(-c4nc5nccc(-c6cccnc6)c5[nH]4)c3c2)c1. The molecule has 188 valence electrons. The van der Waals surface area contributed by atoms with Crippen molar-refractivity contribution in [3.8, 4) is 33.8 Å². The minimum absolute atomic E-state index is 0.0753. The van der Waals surface area contributed by atoms with Crippen LogP contribution in [0.2, 0.25) is 0 Å². The van der Waals surface area contributed by atoms with Gasteiger partial charge in [-0.1, -0.05) is 19.4 Å². The first-order chi connectivity index (χ1) is 18.6. The molecule has 0 spiro atoms. The Labute approximate surface area is 216 Å². The molecule has 6 aromatic rings. The molecule has 0 fully saturated rings. The molecular weight excluding hydrogens is 483 g/mol. The average molecular weight is 507 g/mol. The van der Waals surface area contributed by atoms with Gasteiger partial charge >= 0.3 is 0 Å². The third-order valence-corrected chi connectivity index (χ3v) is 6.33. The Morgan fingerprint density at radius 2 is 1.92 bits per heavy atom. The topological polar surface area (TPSA) is 125 Å². The summed E-state index contributed by atoms with van der Waals surface area (Å²) in [7, 11) is 0. The molecule has 0 saturated carbocycles. The molecule has 5 heterocycles. The third-order valence-electron chi connectivity index (χ3n) is 6.33. The molecule has 3 N–H and O–H groups in total. The first kappa shape index (κ1) is 23.4. The van der Waals surface area contributed by atoms with E-state index in [1.807, 2.05) is 31.2 Å². The van der Waals surface area contributed by atoms with Gasteiger partial charge in [-0.2, -0.15) is 5.10 Å². The normalized spacial score (nSPS) is 11.3. The molecule has 0 unspecified atom stereocenters. The smallest absolute Gasteiger partial charge is 0.224 e. The van der Waals surface area contributed by atoms with Crippen molar-refractivity contribution < 1.29 is 9.18 Å². The molecule has 0 saturated heterocycles. The van der Waals surface area contributed by atoms with E-state index in [1.54, 1.807) is 37.1 Å². The molecule has 0 aliphatic heterocycles. The number of hydrogen-bond donors (Lipinski definition) is 3. The highest BCUT2D eigenvalue weighted by Gasteiger charge is 2.18. The summed E-state index contributed by atoms with van der Waals surface area (Å²) in [5.41, 5.74) is 5.64. The molecule has 38 heavy (non-hydrogen) atoms. The van der Waals surface area contributed by atoms with Crippen molar-refractivity contribution in [2.75, 3.05) is 5.32 Å². The summed E-state index contributed by atoms with van der Waals surface area (Å²) in [6.45, 7) is 2.03. The van der Waals surface area contributed by atoms with Gasteiger partial charge in [0.05, 0.1) is 17.4 Å². The number of pyridine rings is 3. The molecule has 0 atom stereocenters. The Hall–Kier alpha value is -4.99. The Kier molecular flexibility index (Phi) is 6.04. The first-order valence-electron chi connectivity index (χ1n) is 12.3. The van der Waals surface area contributed by atoms with Crippen molar-refractivity contribution in [2.45, 2.75) is 26.2 Å². The fourth-order valence-corrected chi connectivity index (χ4v) is 4.44. The van der Waals surface area contributed by atoms with Crippen LogP contribution in [0.4, 0.5) is 10.1 Å². The zero-order valence-electron chi connectivity index (χ0n) is 20.5. The van der Waals surface area contributed by atoms with Crippen LogP contribution < -0.4 is 5.32 Å². The number of anilines is 1. The number of carbonyl (C=O) groups excluding carboxylic acids is 1. The number of unbranched alkanes of at least 4 members (excludes halogenated alkanes) is 1. The van der Waals surface area contributed by atoms with Gasteiger partial charge < -0.3 is 10.3 Å². The predicted octanol–water partition coefficient (Wildman–Crippen LogP) is 5.89. The fourth-order valence-electron chi connectivity index (χ4n) is 4.44. The van der Waals surface area contributed by atoms with Crippen molar-refractivity contribution in [2.24, 2.45) is 0 Å². The van der Waals surface area contributed by atoms with Crippen LogP contribution in [0.25, 0.3) is 55.8 Å². The van der Waals surface area contributed by atoms with E-state index in [0.29, 0.717) is 45.8 Å². The number of halogens is 1. The van der Waals surface area contributed by atoms with Gasteiger partial charge in [0.25, 0.3) is 0 Å². The molecule has 1 amide bonds. The zero-order valence-corrected chi connectivity index (χ0v) is 20.5. The average Bonchev–Trinajstić information content (AvgIpc) is 3.57. The molecule has 5 aromatic heterocycles. The standard InChI is InChI=1S/C28H23FN8O/c1-2-3-6-23(38)33-19-10-18(14-31-15-19)17-11-21-24(22(29)12-17)36-37-26(21)28-34-25-20(7-9-32-27(25)35-28)16-5-4-8-30-13-16/h4-5,7-15H,2-3,6H2,1H3,(H,33,38)(H,36,37)(H,32,34,35). The zero-order chi connectivity index (χ0) is 26.1. The molecule has 9 nitrogen and oxygen atoms in total. The van der Waals surface area contributed by atoms with Gasteiger partial charge in [-0.25, -0.2) is 14.4 Å².